The lowest BCUT2D eigenvalue weighted by Gasteiger charge is -2.29. The fourth-order valence-corrected chi connectivity index (χ4v) is 3.75. The van der Waals surface area contributed by atoms with Crippen molar-refractivity contribution in [1.82, 2.24) is 4.90 Å². The fraction of sp³-hybridized carbons (Fsp3) is 0.733. The summed E-state index contributed by atoms with van der Waals surface area (Å²) >= 11 is 1.89. The molecule has 3 heteroatoms. The lowest BCUT2D eigenvalue weighted by Crippen LogP contribution is -2.33. The first-order valence-corrected chi connectivity index (χ1v) is 8.00. The predicted octanol–water partition coefficient (Wildman–Crippen LogP) is 3.05. The van der Waals surface area contributed by atoms with Crippen molar-refractivity contribution in [2.75, 3.05) is 20.1 Å². The van der Waals surface area contributed by atoms with Crippen molar-refractivity contribution >= 4 is 11.3 Å². The molecule has 0 saturated heterocycles. The molecule has 1 fully saturated rings. The first-order valence-electron chi connectivity index (χ1n) is 7.12. The molecule has 0 unspecified atom stereocenters. The van der Waals surface area contributed by atoms with E-state index in [9.17, 15) is 0 Å². The molecule has 0 spiro atoms. The van der Waals surface area contributed by atoms with Crippen molar-refractivity contribution in [2.24, 2.45) is 11.7 Å². The SMILES string of the molecule is Cc1ccsc1CCN(C)CC1CCC(N)CC1. The second-order valence-electron chi connectivity index (χ2n) is 5.82. The van der Waals surface area contributed by atoms with Crippen LogP contribution in [0.1, 0.15) is 36.1 Å². The molecule has 0 aromatic carbocycles. The molecule has 0 bridgehead atoms. The van der Waals surface area contributed by atoms with E-state index in [1.807, 2.05) is 11.3 Å². The zero-order chi connectivity index (χ0) is 13.0. The molecule has 0 aliphatic heterocycles. The highest BCUT2D eigenvalue weighted by molar-refractivity contribution is 7.10. The Balaban J connectivity index is 1.69. The Morgan fingerprint density at radius 2 is 2.06 bits per heavy atom. The molecule has 2 rings (SSSR count). The second-order valence-corrected chi connectivity index (χ2v) is 6.82. The minimum atomic E-state index is 0.473. The number of nitrogens with zero attached hydrogens (tertiary/aromatic N) is 1. The standard InChI is InChI=1S/C15H26N2S/c1-12-8-10-18-15(12)7-9-17(2)11-13-3-5-14(16)6-4-13/h8,10,13-14H,3-7,9,11,16H2,1-2H3. The third kappa shape index (κ3) is 4.08. The first-order chi connectivity index (χ1) is 8.65. The van der Waals surface area contributed by atoms with Gasteiger partial charge in [-0.25, -0.2) is 0 Å². The predicted molar refractivity (Wildman–Crippen MR) is 80.2 cm³/mol. The molecule has 18 heavy (non-hydrogen) atoms. The monoisotopic (exact) mass is 266 g/mol. The van der Waals surface area contributed by atoms with Crippen molar-refractivity contribution in [1.29, 1.82) is 0 Å². The van der Waals surface area contributed by atoms with Crippen LogP contribution in [0.4, 0.5) is 0 Å². The third-order valence-electron chi connectivity index (χ3n) is 4.15. The van der Waals surface area contributed by atoms with Gasteiger partial charge < -0.3 is 10.6 Å². The van der Waals surface area contributed by atoms with Crippen LogP contribution in [0.25, 0.3) is 0 Å². The summed E-state index contributed by atoms with van der Waals surface area (Å²) < 4.78 is 0. The Hall–Kier alpha value is -0.380. The molecule has 2 N–H and O–H groups in total. The third-order valence-corrected chi connectivity index (χ3v) is 5.23. The lowest BCUT2D eigenvalue weighted by molar-refractivity contribution is 0.226. The molecule has 1 saturated carbocycles. The van der Waals surface area contributed by atoms with Crippen LogP contribution < -0.4 is 5.73 Å². The molecular formula is C15H26N2S. The van der Waals surface area contributed by atoms with Gasteiger partial charge >= 0.3 is 0 Å². The van der Waals surface area contributed by atoms with Crippen LogP contribution in [-0.4, -0.2) is 31.1 Å². The molecule has 1 aliphatic rings. The Morgan fingerprint density at radius 3 is 2.67 bits per heavy atom. The van der Waals surface area contributed by atoms with Gasteiger partial charge in [-0.1, -0.05) is 0 Å². The molecule has 1 aromatic heterocycles. The molecule has 0 atom stereocenters. The average Bonchev–Trinajstić information content (AvgIpc) is 2.75. The normalized spacial score (nSPS) is 24.7. The number of hydrogen-bond donors (Lipinski definition) is 1. The maximum atomic E-state index is 5.96. The quantitative estimate of drug-likeness (QED) is 0.887. The Kier molecular flexibility index (Phi) is 5.22. The van der Waals surface area contributed by atoms with Gasteiger partial charge in [0.2, 0.25) is 0 Å². The number of thiophene rings is 1. The van der Waals surface area contributed by atoms with Crippen LogP contribution in [0, 0.1) is 12.8 Å². The highest BCUT2D eigenvalue weighted by atomic mass is 32.1. The van der Waals surface area contributed by atoms with Crippen molar-refractivity contribution in [2.45, 2.75) is 45.1 Å². The molecular weight excluding hydrogens is 240 g/mol. The van der Waals surface area contributed by atoms with E-state index < -0.39 is 0 Å². The van der Waals surface area contributed by atoms with Crippen LogP contribution in [-0.2, 0) is 6.42 Å². The van der Waals surface area contributed by atoms with Crippen LogP contribution in [0.15, 0.2) is 11.4 Å². The molecule has 2 nitrogen and oxygen atoms in total. The average molecular weight is 266 g/mol. The molecule has 1 aliphatic carbocycles. The summed E-state index contributed by atoms with van der Waals surface area (Å²) in [6.07, 6.45) is 6.30. The maximum absolute atomic E-state index is 5.96. The van der Waals surface area contributed by atoms with Gasteiger partial charge in [0.1, 0.15) is 0 Å². The molecule has 1 heterocycles. The summed E-state index contributed by atoms with van der Waals surface area (Å²) in [5.41, 5.74) is 7.41. The van der Waals surface area contributed by atoms with E-state index in [1.54, 1.807) is 4.88 Å². The molecule has 102 valence electrons. The zero-order valence-electron chi connectivity index (χ0n) is 11.7. The van der Waals surface area contributed by atoms with Crippen molar-refractivity contribution in [3.8, 4) is 0 Å². The summed E-state index contributed by atoms with van der Waals surface area (Å²) in [5.74, 6) is 0.874. The Morgan fingerprint density at radius 1 is 1.33 bits per heavy atom. The van der Waals surface area contributed by atoms with Gasteiger partial charge in [-0.2, -0.15) is 0 Å². The van der Waals surface area contributed by atoms with Gasteiger partial charge in [0, 0.05) is 24.0 Å². The van der Waals surface area contributed by atoms with Gasteiger partial charge in [-0.3, -0.25) is 0 Å². The summed E-state index contributed by atoms with van der Waals surface area (Å²) in [7, 11) is 2.26. The Labute approximate surface area is 115 Å². The smallest absolute Gasteiger partial charge is 0.00871 e. The largest absolute Gasteiger partial charge is 0.328 e. The van der Waals surface area contributed by atoms with Crippen LogP contribution in [0.5, 0.6) is 0 Å². The maximum Gasteiger partial charge on any atom is 0.00871 e. The van der Waals surface area contributed by atoms with Gasteiger partial charge in [0.05, 0.1) is 0 Å². The second kappa shape index (κ2) is 6.69. The highest BCUT2D eigenvalue weighted by Crippen LogP contribution is 2.24. The highest BCUT2D eigenvalue weighted by Gasteiger charge is 2.19. The van der Waals surface area contributed by atoms with E-state index >= 15 is 0 Å². The minimum Gasteiger partial charge on any atom is -0.328 e. The van der Waals surface area contributed by atoms with Crippen molar-refractivity contribution in [3.63, 3.8) is 0 Å². The Bertz CT molecular complexity index is 353. The fourth-order valence-electron chi connectivity index (χ4n) is 2.86. The van der Waals surface area contributed by atoms with Gasteiger partial charge in [0.15, 0.2) is 0 Å². The minimum absolute atomic E-state index is 0.473. The number of rotatable bonds is 5. The first kappa shape index (κ1) is 14.0. The number of aryl methyl sites for hydroxylation is 1. The van der Waals surface area contributed by atoms with Gasteiger partial charge in [0.25, 0.3) is 0 Å². The molecule has 0 radical (unpaired) electrons. The summed E-state index contributed by atoms with van der Waals surface area (Å²) in [4.78, 5) is 4.05. The van der Waals surface area contributed by atoms with Crippen LogP contribution in [0.3, 0.4) is 0 Å². The van der Waals surface area contributed by atoms with Gasteiger partial charge in [-0.05, 0) is 69.0 Å². The molecule has 0 amide bonds. The van der Waals surface area contributed by atoms with E-state index in [1.165, 1.54) is 50.8 Å². The number of hydrogen-bond acceptors (Lipinski definition) is 3. The van der Waals surface area contributed by atoms with E-state index in [2.05, 4.69) is 30.3 Å². The van der Waals surface area contributed by atoms with E-state index in [4.69, 9.17) is 5.73 Å². The van der Waals surface area contributed by atoms with Crippen LogP contribution >= 0.6 is 11.3 Å². The van der Waals surface area contributed by atoms with Crippen LogP contribution in [0.2, 0.25) is 0 Å². The van der Waals surface area contributed by atoms with Crippen molar-refractivity contribution < 1.29 is 0 Å². The van der Waals surface area contributed by atoms with Gasteiger partial charge in [-0.15, -0.1) is 11.3 Å². The summed E-state index contributed by atoms with van der Waals surface area (Å²) in [5, 5.41) is 2.20. The van der Waals surface area contributed by atoms with Crippen molar-refractivity contribution in [3.05, 3.63) is 21.9 Å². The summed E-state index contributed by atoms with van der Waals surface area (Å²) in [6, 6.07) is 2.70. The van der Waals surface area contributed by atoms with E-state index in [0.29, 0.717) is 6.04 Å². The lowest BCUT2D eigenvalue weighted by atomic mass is 9.86. The summed E-state index contributed by atoms with van der Waals surface area (Å²) in [6.45, 7) is 4.65. The van der Waals surface area contributed by atoms with E-state index in [0.717, 1.165) is 5.92 Å². The zero-order valence-corrected chi connectivity index (χ0v) is 12.5. The number of likely N-dealkylation sites (N-methyl/N-ethyl adjacent to an activating group) is 1. The topological polar surface area (TPSA) is 29.3 Å². The number of nitrogens with two attached hydrogens (primary N) is 1. The molecule has 1 aromatic rings. The van der Waals surface area contributed by atoms with E-state index in [-0.39, 0.29) is 0 Å².